The number of nitrogens with zero attached hydrogens (tertiary/aromatic N) is 1. The van der Waals surface area contributed by atoms with E-state index in [1.54, 1.807) is 13.0 Å². The Kier molecular flexibility index (Phi) is 4.10. The Hall–Kier alpha value is -2.69. The second kappa shape index (κ2) is 5.97. The summed E-state index contributed by atoms with van der Waals surface area (Å²) in [6.07, 6.45) is 1.35. The number of pyridine rings is 1. The first-order valence-corrected chi connectivity index (χ1v) is 6.13. The molecule has 1 aromatic carbocycles. The van der Waals surface area contributed by atoms with Crippen LogP contribution in [0.2, 0.25) is 0 Å². The van der Waals surface area contributed by atoms with Gasteiger partial charge in [0.25, 0.3) is 0 Å². The van der Waals surface area contributed by atoms with Gasteiger partial charge in [-0.3, -0.25) is 4.79 Å². The first kappa shape index (κ1) is 13.7. The van der Waals surface area contributed by atoms with Crippen molar-refractivity contribution in [3.05, 3.63) is 59.9 Å². The molecule has 2 rings (SSSR count). The summed E-state index contributed by atoms with van der Waals surface area (Å²) in [6.45, 7) is 1.80. The van der Waals surface area contributed by atoms with Gasteiger partial charge in [-0.1, -0.05) is 30.3 Å². The third-order valence-electron chi connectivity index (χ3n) is 2.94. The van der Waals surface area contributed by atoms with Crippen LogP contribution in [0.1, 0.15) is 28.9 Å². The van der Waals surface area contributed by atoms with Crippen molar-refractivity contribution in [2.75, 3.05) is 5.32 Å². The number of carboxylic acids is 1. The highest BCUT2D eigenvalue weighted by atomic mass is 16.4. The standard InChI is InChI=1S/C15H14N2O3/c1-10(11-5-3-2-4-6-11)14(18)17-12-7-8-16-13(9-12)15(19)20/h2-10H,1H3,(H,19,20)(H,16,17,18). The monoisotopic (exact) mass is 270 g/mol. The van der Waals surface area contributed by atoms with Crippen LogP contribution in [0.4, 0.5) is 5.69 Å². The summed E-state index contributed by atoms with van der Waals surface area (Å²) in [6, 6.07) is 12.3. The lowest BCUT2D eigenvalue weighted by molar-refractivity contribution is -0.117. The van der Waals surface area contributed by atoms with Gasteiger partial charge in [-0.2, -0.15) is 0 Å². The summed E-state index contributed by atoms with van der Waals surface area (Å²) in [4.78, 5) is 26.6. The van der Waals surface area contributed by atoms with E-state index in [2.05, 4.69) is 10.3 Å². The van der Waals surface area contributed by atoms with Crippen LogP contribution in [0.25, 0.3) is 0 Å². The van der Waals surface area contributed by atoms with Crippen LogP contribution < -0.4 is 5.32 Å². The van der Waals surface area contributed by atoms with E-state index in [0.29, 0.717) is 5.69 Å². The fourth-order valence-corrected chi connectivity index (χ4v) is 1.77. The number of anilines is 1. The maximum atomic E-state index is 12.1. The molecule has 5 nitrogen and oxygen atoms in total. The average molecular weight is 270 g/mol. The molecule has 1 unspecified atom stereocenters. The van der Waals surface area contributed by atoms with Crippen LogP contribution >= 0.6 is 0 Å². The fraction of sp³-hybridized carbons (Fsp3) is 0.133. The van der Waals surface area contributed by atoms with Crippen LogP contribution in [0.3, 0.4) is 0 Å². The van der Waals surface area contributed by atoms with Crippen molar-refractivity contribution in [3.63, 3.8) is 0 Å². The van der Waals surface area contributed by atoms with Gasteiger partial charge < -0.3 is 10.4 Å². The topological polar surface area (TPSA) is 79.3 Å². The molecule has 1 aromatic heterocycles. The maximum absolute atomic E-state index is 12.1. The molecule has 5 heteroatoms. The molecule has 0 radical (unpaired) electrons. The highest BCUT2D eigenvalue weighted by molar-refractivity contribution is 5.96. The summed E-state index contributed by atoms with van der Waals surface area (Å²) >= 11 is 0. The number of rotatable bonds is 4. The Balaban J connectivity index is 2.12. The first-order valence-electron chi connectivity index (χ1n) is 6.13. The van der Waals surface area contributed by atoms with Crippen LogP contribution in [-0.4, -0.2) is 22.0 Å². The molecule has 2 aromatic rings. The van der Waals surface area contributed by atoms with E-state index >= 15 is 0 Å². The number of aromatic nitrogens is 1. The minimum absolute atomic E-state index is 0.102. The van der Waals surface area contributed by atoms with E-state index in [1.165, 1.54) is 12.3 Å². The number of carbonyl (C=O) groups is 2. The van der Waals surface area contributed by atoms with E-state index in [9.17, 15) is 9.59 Å². The molecule has 0 aliphatic heterocycles. The Morgan fingerprint density at radius 1 is 1.20 bits per heavy atom. The number of hydrogen-bond acceptors (Lipinski definition) is 3. The summed E-state index contributed by atoms with van der Waals surface area (Å²) in [7, 11) is 0. The molecule has 102 valence electrons. The highest BCUT2D eigenvalue weighted by Gasteiger charge is 2.15. The zero-order valence-electron chi connectivity index (χ0n) is 10.9. The summed E-state index contributed by atoms with van der Waals surface area (Å²) in [5, 5.41) is 11.5. The quantitative estimate of drug-likeness (QED) is 0.894. The smallest absolute Gasteiger partial charge is 0.354 e. The van der Waals surface area contributed by atoms with Crippen molar-refractivity contribution in [1.29, 1.82) is 0 Å². The van der Waals surface area contributed by atoms with Gasteiger partial charge in [0.1, 0.15) is 5.69 Å². The van der Waals surface area contributed by atoms with Gasteiger partial charge in [-0.15, -0.1) is 0 Å². The first-order chi connectivity index (χ1) is 9.58. The number of hydrogen-bond donors (Lipinski definition) is 2. The van der Waals surface area contributed by atoms with Gasteiger partial charge in [0, 0.05) is 11.9 Å². The second-order valence-corrected chi connectivity index (χ2v) is 4.36. The number of carboxylic acid groups (broad SMARTS) is 1. The van der Waals surface area contributed by atoms with Crippen LogP contribution in [0.15, 0.2) is 48.7 Å². The highest BCUT2D eigenvalue weighted by Crippen LogP contribution is 2.17. The predicted molar refractivity (Wildman–Crippen MR) is 74.7 cm³/mol. The van der Waals surface area contributed by atoms with Crippen molar-refractivity contribution >= 4 is 17.6 Å². The molecule has 0 fully saturated rings. The lowest BCUT2D eigenvalue weighted by atomic mass is 10.0. The maximum Gasteiger partial charge on any atom is 0.354 e. The number of benzene rings is 1. The number of carbonyl (C=O) groups excluding carboxylic acids is 1. The van der Waals surface area contributed by atoms with E-state index < -0.39 is 5.97 Å². The molecule has 1 atom stereocenters. The van der Waals surface area contributed by atoms with Crippen molar-refractivity contribution < 1.29 is 14.7 Å². The van der Waals surface area contributed by atoms with Crippen LogP contribution in [0.5, 0.6) is 0 Å². The fourth-order valence-electron chi connectivity index (χ4n) is 1.77. The normalized spacial score (nSPS) is 11.7. The number of amides is 1. The molecule has 0 saturated carbocycles. The van der Waals surface area contributed by atoms with Gasteiger partial charge in [-0.25, -0.2) is 9.78 Å². The molecule has 1 heterocycles. The molecule has 20 heavy (non-hydrogen) atoms. The minimum atomic E-state index is -1.13. The van der Waals surface area contributed by atoms with E-state index in [4.69, 9.17) is 5.11 Å². The third-order valence-corrected chi connectivity index (χ3v) is 2.94. The van der Waals surface area contributed by atoms with Crippen molar-refractivity contribution in [2.45, 2.75) is 12.8 Å². The SMILES string of the molecule is CC(C(=O)Nc1ccnc(C(=O)O)c1)c1ccccc1. The van der Waals surface area contributed by atoms with Crippen LogP contribution in [0, 0.1) is 0 Å². The molecular formula is C15H14N2O3. The van der Waals surface area contributed by atoms with Gasteiger partial charge in [0.05, 0.1) is 5.92 Å². The molecule has 2 N–H and O–H groups in total. The molecular weight excluding hydrogens is 256 g/mol. The van der Waals surface area contributed by atoms with E-state index in [-0.39, 0.29) is 17.5 Å². The molecule has 0 spiro atoms. The average Bonchev–Trinajstić information content (AvgIpc) is 2.47. The zero-order valence-corrected chi connectivity index (χ0v) is 10.9. The Labute approximate surface area is 116 Å². The summed E-state index contributed by atoms with van der Waals surface area (Å²) in [5.74, 6) is -1.64. The zero-order chi connectivity index (χ0) is 14.5. The van der Waals surface area contributed by atoms with Gasteiger partial charge in [0.2, 0.25) is 5.91 Å². The Morgan fingerprint density at radius 3 is 2.55 bits per heavy atom. The second-order valence-electron chi connectivity index (χ2n) is 4.36. The third kappa shape index (κ3) is 3.20. The largest absolute Gasteiger partial charge is 0.477 e. The predicted octanol–water partition coefficient (Wildman–Crippen LogP) is 2.52. The summed E-state index contributed by atoms with van der Waals surface area (Å²) in [5.41, 5.74) is 1.22. The molecule has 0 bridgehead atoms. The molecule has 0 saturated heterocycles. The Morgan fingerprint density at radius 2 is 1.90 bits per heavy atom. The number of nitrogens with one attached hydrogen (secondary N) is 1. The van der Waals surface area contributed by atoms with Gasteiger partial charge in [0.15, 0.2) is 0 Å². The van der Waals surface area contributed by atoms with Crippen LogP contribution in [-0.2, 0) is 4.79 Å². The minimum Gasteiger partial charge on any atom is -0.477 e. The molecule has 0 aliphatic rings. The number of aromatic carboxylic acids is 1. The van der Waals surface area contributed by atoms with Gasteiger partial charge >= 0.3 is 5.97 Å². The molecule has 0 aliphatic carbocycles. The van der Waals surface area contributed by atoms with E-state index in [0.717, 1.165) is 5.56 Å². The van der Waals surface area contributed by atoms with Crippen molar-refractivity contribution in [1.82, 2.24) is 4.98 Å². The van der Waals surface area contributed by atoms with Crippen molar-refractivity contribution in [2.24, 2.45) is 0 Å². The van der Waals surface area contributed by atoms with E-state index in [1.807, 2.05) is 30.3 Å². The van der Waals surface area contributed by atoms with Crippen molar-refractivity contribution in [3.8, 4) is 0 Å². The molecule has 1 amide bonds. The Bertz CT molecular complexity index is 626. The lowest BCUT2D eigenvalue weighted by Gasteiger charge is -2.12. The van der Waals surface area contributed by atoms with Gasteiger partial charge in [-0.05, 0) is 24.6 Å². The lowest BCUT2D eigenvalue weighted by Crippen LogP contribution is -2.19. The summed E-state index contributed by atoms with van der Waals surface area (Å²) < 4.78 is 0.